The van der Waals surface area contributed by atoms with Gasteiger partial charge in [0.1, 0.15) is 5.69 Å². The third kappa shape index (κ3) is 4.22. The lowest BCUT2D eigenvalue weighted by Crippen LogP contribution is -2.14. The highest BCUT2D eigenvalue weighted by Gasteiger charge is 2.09. The fourth-order valence-corrected chi connectivity index (χ4v) is 2.36. The maximum Gasteiger partial charge on any atom is 0.274 e. The zero-order valence-electron chi connectivity index (χ0n) is 14.2. The van der Waals surface area contributed by atoms with Crippen molar-refractivity contribution in [2.75, 3.05) is 10.6 Å². The molecule has 0 aliphatic rings. The maximum absolute atomic E-state index is 12.4. The normalized spacial score (nSPS) is 10.0. The Balaban J connectivity index is 1.73. The molecule has 6 nitrogen and oxygen atoms in total. The van der Waals surface area contributed by atoms with Gasteiger partial charge in [-0.25, -0.2) is 9.97 Å². The van der Waals surface area contributed by atoms with Crippen molar-refractivity contribution in [3.63, 3.8) is 0 Å². The lowest BCUT2D eigenvalue weighted by atomic mass is 10.1. The largest absolute Gasteiger partial charge is 0.324 e. The van der Waals surface area contributed by atoms with Crippen molar-refractivity contribution >= 4 is 23.2 Å². The molecule has 0 bridgehead atoms. The summed E-state index contributed by atoms with van der Waals surface area (Å²) in [5, 5.41) is 14.8. The van der Waals surface area contributed by atoms with Gasteiger partial charge in [0.2, 0.25) is 5.95 Å². The van der Waals surface area contributed by atoms with Gasteiger partial charge in [0.15, 0.2) is 0 Å². The van der Waals surface area contributed by atoms with E-state index in [4.69, 9.17) is 5.26 Å². The summed E-state index contributed by atoms with van der Waals surface area (Å²) in [5.41, 5.74) is 3.37. The quantitative estimate of drug-likeness (QED) is 0.733. The zero-order chi connectivity index (χ0) is 18.4. The molecule has 0 unspecified atom stereocenters. The Hall–Kier alpha value is -3.72. The van der Waals surface area contributed by atoms with Crippen molar-refractivity contribution in [3.8, 4) is 6.07 Å². The van der Waals surface area contributed by atoms with E-state index >= 15 is 0 Å². The highest BCUT2D eigenvalue weighted by atomic mass is 16.1. The van der Waals surface area contributed by atoms with E-state index in [-0.39, 0.29) is 17.5 Å². The number of amides is 1. The Labute approximate surface area is 151 Å². The van der Waals surface area contributed by atoms with Gasteiger partial charge in [0.05, 0.1) is 11.6 Å². The van der Waals surface area contributed by atoms with Crippen molar-refractivity contribution in [1.82, 2.24) is 9.97 Å². The van der Waals surface area contributed by atoms with Gasteiger partial charge in [-0.2, -0.15) is 5.26 Å². The molecule has 0 aliphatic heterocycles. The number of anilines is 3. The minimum Gasteiger partial charge on any atom is -0.324 e. The lowest BCUT2D eigenvalue weighted by molar-refractivity contribution is 0.102. The van der Waals surface area contributed by atoms with Crippen LogP contribution in [0.3, 0.4) is 0 Å². The molecule has 0 saturated heterocycles. The second-order valence-corrected chi connectivity index (χ2v) is 5.59. The molecule has 0 atom stereocenters. The molecule has 0 aliphatic carbocycles. The summed E-state index contributed by atoms with van der Waals surface area (Å²) >= 11 is 0. The Morgan fingerprint density at radius 2 is 1.92 bits per heavy atom. The monoisotopic (exact) mass is 343 g/mol. The fourth-order valence-electron chi connectivity index (χ4n) is 2.36. The number of aryl methyl sites for hydroxylation is 1. The van der Waals surface area contributed by atoms with Crippen molar-refractivity contribution in [1.29, 1.82) is 5.26 Å². The lowest BCUT2D eigenvalue weighted by Gasteiger charge is -2.08. The average Bonchev–Trinajstić information content (AvgIpc) is 2.69. The molecule has 0 spiro atoms. The van der Waals surface area contributed by atoms with Gasteiger partial charge in [0.25, 0.3) is 5.91 Å². The maximum atomic E-state index is 12.4. The first-order chi connectivity index (χ1) is 12.7. The molecule has 3 aromatic rings. The molecular formula is C20H17N5O. The number of aromatic nitrogens is 2. The van der Waals surface area contributed by atoms with Crippen LogP contribution in [-0.2, 0) is 6.42 Å². The summed E-state index contributed by atoms with van der Waals surface area (Å²) in [6.07, 6.45) is 2.46. The van der Waals surface area contributed by atoms with Gasteiger partial charge in [-0.1, -0.05) is 25.1 Å². The van der Waals surface area contributed by atoms with Crippen LogP contribution in [0.15, 0.2) is 60.8 Å². The van der Waals surface area contributed by atoms with Crippen LogP contribution in [0.25, 0.3) is 0 Å². The third-order valence-corrected chi connectivity index (χ3v) is 3.76. The van der Waals surface area contributed by atoms with Gasteiger partial charge < -0.3 is 10.6 Å². The summed E-state index contributed by atoms with van der Waals surface area (Å²) in [6, 6.07) is 18.3. The molecule has 0 fully saturated rings. The van der Waals surface area contributed by atoms with Gasteiger partial charge in [-0.3, -0.25) is 4.79 Å². The van der Waals surface area contributed by atoms with Crippen molar-refractivity contribution in [3.05, 3.63) is 77.6 Å². The Morgan fingerprint density at radius 3 is 2.65 bits per heavy atom. The molecule has 2 N–H and O–H groups in total. The molecule has 3 rings (SSSR count). The number of nitrogens with zero attached hydrogens (tertiary/aromatic N) is 3. The van der Waals surface area contributed by atoms with Gasteiger partial charge in [0, 0.05) is 17.6 Å². The molecule has 1 aromatic heterocycles. The van der Waals surface area contributed by atoms with E-state index in [0.717, 1.165) is 6.42 Å². The first kappa shape index (κ1) is 17.1. The standard InChI is InChI=1S/C20H17N5O/c1-2-14-6-8-16(9-7-14)23-19(26)18-10-11-22-20(25-18)24-17-5-3-4-15(12-17)13-21/h3-12H,2H2,1H3,(H,23,26)(H,22,24,25). The van der Waals surface area contributed by atoms with Crippen LogP contribution in [-0.4, -0.2) is 15.9 Å². The molecule has 2 aromatic carbocycles. The van der Waals surface area contributed by atoms with Crippen LogP contribution in [0.5, 0.6) is 0 Å². The van der Waals surface area contributed by atoms with Gasteiger partial charge in [-0.05, 0) is 48.4 Å². The minimum absolute atomic E-state index is 0.249. The molecular weight excluding hydrogens is 326 g/mol. The Bertz CT molecular complexity index is 960. The molecule has 0 radical (unpaired) electrons. The van der Waals surface area contributed by atoms with E-state index < -0.39 is 0 Å². The second-order valence-electron chi connectivity index (χ2n) is 5.59. The number of carbonyl (C=O) groups is 1. The number of hydrogen-bond acceptors (Lipinski definition) is 5. The Morgan fingerprint density at radius 1 is 1.12 bits per heavy atom. The van der Waals surface area contributed by atoms with Crippen LogP contribution in [0.2, 0.25) is 0 Å². The van der Waals surface area contributed by atoms with E-state index in [9.17, 15) is 4.79 Å². The van der Waals surface area contributed by atoms with Crippen LogP contribution in [0.1, 0.15) is 28.5 Å². The van der Waals surface area contributed by atoms with Crippen molar-refractivity contribution < 1.29 is 4.79 Å². The smallest absolute Gasteiger partial charge is 0.274 e. The first-order valence-electron chi connectivity index (χ1n) is 8.18. The zero-order valence-corrected chi connectivity index (χ0v) is 14.2. The second kappa shape index (κ2) is 7.90. The predicted octanol–water partition coefficient (Wildman–Crippen LogP) is 3.91. The summed E-state index contributed by atoms with van der Waals surface area (Å²) in [6.45, 7) is 2.08. The number of hydrogen-bond donors (Lipinski definition) is 2. The molecule has 1 heterocycles. The summed E-state index contributed by atoms with van der Waals surface area (Å²) in [5.74, 6) is -0.0282. The van der Waals surface area contributed by atoms with E-state index in [1.807, 2.05) is 24.3 Å². The third-order valence-electron chi connectivity index (χ3n) is 3.76. The van der Waals surface area contributed by atoms with Gasteiger partial charge >= 0.3 is 0 Å². The summed E-state index contributed by atoms with van der Waals surface area (Å²) in [4.78, 5) is 20.8. The van der Waals surface area contributed by atoms with E-state index in [0.29, 0.717) is 16.9 Å². The van der Waals surface area contributed by atoms with Crippen molar-refractivity contribution in [2.24, 2.45) is 0 Å². The molecule has 26 heavy (non-hydrogen) atoms. The van der Waals surface area contributed by atoms with Crippen LogP contribution in [0.4, 0.5) is 17.3 Å². The number of benzene rings is 2. The molecule has 1 amide bonds. The highest BCUT2D eigenvalue weighted by molar-refractivity contribution is 6.03. The average molecular weight is 343 g/mol. The van der Waals surface area contributed by atoms with E-state index in [1.54, 1.807) is 30.3 Å². The number of carbonyl (C=O) groups excluding carboxylic acids is 1. The topological polar surface area (TPSA) is 90.7 Å². The van der Waals surface area contributed by atoms with E-state index in [2.05, 4.69) is 33.6 Å². The van der Waals surface area contributed by atoms with Crippen LogP contribution >= 0.6 is 0 Å². The Kier molecular flexibility index (Phi) is 5.20. The predicted molar refractivity (Wildman–Crippen MR) is 100 cm³/mol. The first-order valence-corrected chi connectivity index (χ1v) is 8.18. The molecule has 6 heteroatoms. The SMILES string of the molecule is CCc1ccc(NC(=O)c2ccnc(Nc3cccc(C#N)c3)n2)cc1. The number of nitrogens with one attached hydrogen (secondary N) is 2. The van der Waals surface area contributed by atoms with Gasteiger partial charge in [-0.15, -0.1) is 0 Å². The minimum atomic E-state index is -0.314. The molecule has 128 valence electrons. The van der Waals surface area contributed by atoms with Crippen molar-refractivity contribution in [2.45, 2.75) is 13.3 Å². The van der Waals surface area contributed by atoms with E-state index in [1.165, 1.54) is 11.8 Å². The summed E-state index contributed by atoms with van der Waals surface area (Å²) in [7, 11) is 0. The highest BCUT2D eigenvalue weighted by Crippen LogP contribution is 2.15. The summed E-state index contributed by atoms with van der Waals surface area (Å²) < 4.78 is 0. The van der Waals surface area contributed by atoms with Crippen LogP contribution < -0.4 is 10.6 Å². The number of nitriles is 1. The number of rotatable bonds is 5. The molecule has 0 saturated carbocycles. The fraction of sp³-hybridized carbons (Fsp3) is 0.100. The van der Waals surface area contributed by atoms with Crippen LogP contribution in [0, 0.1) is 11.3 Å².